The number of benzene rings is 1. The smallest absolute Gasteiger partial charge is 0.229 e. The zero-order chi connectivity index (χ0) is 15.5. The van der Waals surface area contributed by atoms with E-state index in [0.29, 0.717) is 5.13 Å². The zero-order valence-corrected chi connectivity index (χ0v) is 13.1. The Morgan fingerprint density at radius 1 is 1.27 bits per heavy atom. The molecule has 0 unspecified atom stereocenters. The number of carbonyl (C=O) groups is 2. The minimum atomic E-state index is -0.108. The maximum absolute atomic E-state index is 12.2. The summed E-state index contributed by atoms with van der Waals surface area (Å²) in [7, 11) is 0. The Morgan fingerprint density at radius 3 is 2.77 bits per heavy atom. The van der Waals surface area contributed by atoms with Gasteiger partial charge in [0.15, 0.2) is 5.13 Å². The Labute approximate surface area is 132 Å². The maximum Gasteiger partial charge on any atom is 0.229 e. The van der Waals surface area contributed by atoms with Crippen LogP contribution in [0.3, 0.4) is 0 Å². The van der Waals surface area contributed by atoms with Gasteiger partial charge in [-0.3, -0.25) is 9.59 Å². The normalized spacial score (nSPS) is 15.7. The maximum atomic E-state index is 12.2. The van der Waals surface area contributed by atoms with Gasteiger partial charge >= 0.3 is 0 Å². The quantitative estimate of drug-likeness (QED) is 0.810. The molecule has 116 valence electrons. The van der Waals surface area contributed by atoms with Crippen molar-refractivity contribution in [2.75, 3.05) is 23.7 Å². The predicted octanol–water partition coefficient (Wildman–Crippen LogP) is 2.19. The third-order valence-corrected chi connectivity index (χ3v) is 4.58. The molecule has 0 spiro atoms. The van der Waals surface area contributed by atoms with Gasteiger partial charge in [-0.2, -0.15) is 0 Å². The summed E-state index contributed by atoms with van der Waals surface area (Å²) < 4.78 is 0.937. The molecule has 3 rings (SSSR count). The van der Waals surface area contributed by atoms with E-state index in [1.807, 2.05) is 18.2 Å². The molecular formula is C15H18N4O2S. The summed E-state index contributed by atoms with van der Waals surface area (Å²) in [4.78, 5) is 27.7. The fraction of sp³-hybridized carbons (Fsp3) is 0.400. The molecule has 0 atom stereocenters. The van der Waals surface area contributed by atoms with Crippen molar-refractivity contribution in [2.24, 2.45) is 5.92 Å². The van der Waals surface area contributed by atoms with E-state index in [4.69, 9.17) is 0 Å². The summed E-state index contributed by atoms with van der Waals surface area (Å²) >= 11 is 1.42. The molecule has 1 saturated heterocycles. The first-order chi connectivity index (χ1) is 10.6. The molecule has 22 heavy (non-hydrogen) atoms. The fourth-order valence-corrected chi connectivity index (χ4v) is 3.46. The number of rotatable bonds is 3. The standard InChI is InChI=1S/C15H18N4O2S/c1-9(20)17-11-2-3-12-13(8-11)22-15(18-12)19-14(21)10-4-6-16-7-5-10/h2-3,8,10,16H,4-7H2,1H3,(H,17,20)(H,18,19,21). The number of aromatic nitrogens is 1. The van der Waals surface area contributed by atoms with E-state index >= 15 is 0 Å². The van der Waals surface area contributed by atoms with Gasteiger partial charge in [-0.25, -0.2) is 4.98 Å². The Bertz CT molecular complexity index is 707. The molecule has 7 heteroatoms. The molecule has 2 amide bonds. The Balaban J connectivity index is 1.73. The zero-order valence-electron chi connectivity index (χ0n) is 12.3. The molecule has 2 aromatic rings. The minimum Gasteiger partial charge on any atom is -0.326 e. The second kappa shape index (κ2) is 6.41. The number of nitrogens with zero attached hydrogens (tertiary/aromatic N) is 1. The second-order valence-corrected chi connectivity index (χ2v) is 6.43. The highest BCUT2D eigenvalue weighted by atomic mass is 32.1. The SMILES string of the molecule is CC(=O)Nc1ccc2nc(NC(=O)C3CCNCC3)sc2c1. The van der Waals surface area contributed by atoms with Crippen LogP contribution in [0.2, 0.25) is 0 Å². The van der Waals surface area contributed by atoms with Gasteiger partial charge in [0.25, 0.3) is 0 Å². The van der Waals surface area contributed by atoms with Crippen molar-refractivity contribution in [3.63, 3.8) is 0 Å². The van der Waals surface area contributed by atoms with Crippen molar-refractivity contribution >= 4 is 44.2 Å². The molecule has 0 bridgehead atoms. The van der Waals surface area contributed by atoms with Crippen LogP contribution < -0.4 is 16.0 Å². The molecule has 0 aliphatic carbocycles. The highest BCUT2D eigenvalue weighted by Crippen LogP contribution is 2.29. The largest absolute Gasteiger partial charge is 0.326 e. The molecule has 6 nitrogen and oxygen atoms in total. The van der Waals surface area contributed by atoms with Crippen LogP contribution in [0.5, 0.6) is 0 Å². The van der Waals surface area contributed by atoms with E-state index in [1.165, 1.54) is 18.3 Å². The number of carbonyl (C=O) groups excluding carboxylic acids is 2. The summed E-state index contributed by atoms with van der Waals surface area (Å²) in [6.07, 6.45) is 1.73. The van der Waals surface area contributed by atoms with Gasteiger partial charge in [0.2, 0.25) is 11.8 Å². The average Bonchev–Trinajstić information content (AvgIpc) is 2.89. The molecule has 1 fully saturated rings. The van der Waals surface area contributed by atoms with Crippen molar-refractivity contribution in [1.29, 1.82) is 0 Å². The summed E-state index contributed by atoms with van der Waals surface area (Å²) in [6, 6.07) is 5.52. The predicted molar refractivity (Wildman–Crippen MR) is 88.1 cm³/mol. The van der Waals surface area contributed by atoms with Crippen LogP contribution in [-0.2, 0) is 9.59 Å². The second-order valence-electron chi connectivity index (χ2n) is 5.40. The van der Waals surface area contributed by atoms with Gasteiger partial charge in [-0.1, -0.05) is 11.3 Å². The fourth-order valence-electron chi connectivity index (χ4n) is 2.55. The van der Waals surface area contributed by atoms with Crippen molar-refractivity contribution in [3.8, 4) is 0 Å². The topological polar surface area (TPSA) is 83.1 Å². The average molecular weight is 318 g/mol. The van der Waals surface area contributed by atoms with E-state index in [2.05, 4.69) is 20.9 Å². The van der Waals surface area contributed by atoms with E-state index in [0.717, 1.165) is 41.8 Å². The first-order valence-corrected chi connectivity index (χ1v) is 8.13. The molecule has 1 aromatic heterocycles. The van der Waals surface area contributed by atoms with Crippen LogP contribution >= 0.6 is 11.3 Å². The van der Waals surface area contributed by atoms with Crippen LogP contribution in [0.1, 0.15) is 19.8 Å². The summed E-state index contributed by atoms with van der Waals surface area (Å²) in [6.45, 7) is 3.25. The molecule has 1 aromatic carbocycles. The molecule has 2 heterocycles. The van der Waals surface area contributed by atoms with E-state index in [1.54, 1.807) is 0 Å². The monoisotopic (exact) mass is 318 g/mol. The number of thiazole rings is 1. The highest BCUT2D eigenvalue weighted by molar-refractivity contribution is 7.22. The van der Waals surface area contributed by atoms with E-state index in [9.17, 15) is 9.59 Å². The van der Waals surface area contributed by atoms with Gasteiger partial charge in [-0.05, 0) is 44.1 Å². The molecule has 0 saturated carbocycles. The molecular weight excluding hydrogens is 300 g/mol. The minimum absolute atomic E-state index is 0.0441. The Hall–Kier alpha value is -1.99. The molecule has 1 aliphatic heterocycles. The lowest BCUT2D eigenvalue weighted by Gasteiger charge is -2.20. The first-order valence-electron chi connectivity index (χ1n) is 7.31. The lowest BCUT2D eigenvalue weighted by molar-refractivity contribution is -0.120. The van der Waals surface area contributed by atoms with Crippen molar-refractivity contribution < 1.29 is 9.59 Å². The van der Waals surface area contributed by atoms with Crippen LogP contribution in [0.15, 0.2) is 18.2 Å². The van der Waals surface area contributed by atoms with Gasteiger partial charge in [0.05, 0.1) is 10.2 Å². The first kappa shape index (κ1) is 14.9. The number of nitrogens with one attached hydrogen (secondary N) is 3. The Morgan fingerprint density at radius 2 is 2.05 bits per heavy atom. The lowest BCUT2D eigenvalue weighted by atomic mass is 9.97. The van der Waals surface area contributed by atoms with Gasteiger partial charge in [0, 0.05) is 18.5 Å². The van der Waals surface area contributed by atoms with Crippen molar-refractivity contribution in [3.05, 3.63) is 18.2 Å². The number of piperidine rings is 1. The summed E-state index contributed by atoms with van der Waals surface area (Å²) in [5, 5.41) is 9.52. The highest BCUT2D eigenvalue weighted by Gasteiger charge is 2.21. The van der Waals surface area contributed by atoms with Crippen molar-refractivity contribution in [2.45, 2.75) is 19.8 Å². The number of hydrogen-bond donors (Lipinski definition) is 3. The third-order valence-electron chi connectivity index (χ3n) is 3.65. The van der Waals surface area contributed by atoms with Crippen LogP contribution in [0, 0.1) is 5.92 Å². The summed E-state index contributed by atoms with van der Waals surface area (Å²) in [5.74, 6) is -0.00542. The Kier molecular flexibility index (Phi) is 4.35. The van der Waals surface area contributed by atoms with Crippen LogP contribution in [0.4, 0.5) is 10.8 Å². The lowest BCUT2D eigenvalue weighted by Crippen LogP contribution is -2.34. The number of hydrogen-bond acceptors (Lipinski definition) is 5. The number of anilines is 2. The van der Waals surface area contributed by atoms with Gasteiger partial charge in [-0.15, -0.1) is 0 Å². The summed E-state index contributed by atoms with van der Waals surface area (Å²) in [5.41, 5.74) is 1.56. The van der Waals surface area contributed by atoms with Crippen LogP contribution in [-0.4, -0.2) is 29.9 Å². The number of fused-ring (bicyclic) bond motifs is 1. The van der Waals surface area contributed by atoms with E-state index in [-0.39, 0.29) is 17.7 Å². The van der Waals surface area contributed by atoms with Gasteiger partial charge < -0.3 is 16.0 Å². The number of amides is 2. The third kappa shape index (κ3) is 3.42. The van der Waals surface area contributed by atoms with Gasteiger partial charge in [0.1, 0.15) is 0 Å². The van der Waals surface area contributed by atoms with Crippen molar-refractivity contribution in [1.82, 2.24) is 10.3 Å². The van der Waals surface area contributed by atoms with E-state index < -0.39 is 0 Å². The van der Waals surface area contributed by atoms with Crippen LogP contribution in [0.25, 0.3) is 10.2 Å². The molecule has 0 radical (unpaired) electrons. The molecule has 1 aliphatic rings. The molecule has 3 N–H and O–H groups in total.